The first-order valence-corrected chi connectivity index (χ1v) is 14.6. The van der Waals surface area contributed by atoms with E-state index in [2.05, 4.69) is 15.4 Å². The number of H-pyrrole nitrogens is 1. The summed E-state index contributed by atoms with van der Waals surface area (Å²) in [6, 6.07) is 8.11. The molecule has 0 aliphatic carbocycles. The molecule has 0 bridgehead atoms. The van der Waals surface area contributed by atoms with Gasteiger partial charge in [0.05, 0.1) is 48.2 Å². The van der Waals surface area contributed by atoms with E-state index in [1.54, 1.807) is 6.20 Å². The summed E-state index contributed by atoms with van der Waals surface area (Å²) < 4.78 is 87.1. The Bertz CT molecular complexity index is 1500. The molecule has 2 aliphatic heterocycles. The number of amides is 1. The van der Waals surface area contributed by atoms with Gasteiger partial charge in [0.2, 0.25) is 0 Å². The zero-order valence-electron chi connectivity index (χ0n) is 24.7. The van der Waals surface area contributed by atoms with E-state index in [9.17, 15) is 31.1 Å². The van der Waals surface area contributed by atoms with Gasteiger partial charge in [0.25, 0.3) is 5.91 Å². The number of carbonyl (C=O) groups excluding carboxylic acids is 1. The smallest absolute Gasteiger partial charge is 0.379 e. The van der Waals surface area contributed by atoms with Gasteiger partial charge < -0.3 is 19.5 Å². The summed E-state index contributed by atoms with van der Waals surface area (Å²) in [5, 5.41) is 0.912. The van der Waals surface area contributed by atoms with Gasteiger partial charge in [0.1, 0.15) is 0 Å². The molecule has 3 heterocycles. The number of nitrogens with zero attached hydrogens (tertiary/aromatic N) is 3. The molecule has 2 saturated heterocycles. The first kappa shape index (κ1) is 32.6. The first-order valence-electron chi connectivity index (χ1n) is 14.6. The molecule has 1 atom stereocenters. The van der Waals surface area contributed by atoms with Crippen molar-refractivity contribution in [1.82, 2.24) is 25.2 Å². The van der Waals surface area contributed by atoms with Crippen molar-refractivity contribution in [3.05, 3.63) is 82.8 Å². The zero-order valence-corrected chi connectivity index (χ0v) is 24.7. The lowest BCUT2D eigenvalue weighted by atomic mass is 9.97. The standard InChI is InChI=1S/C31H35F6N5O3/c1-21(39-45-15-12-40-10-13-44-14-11-40)19-41-8-9-42(24(20-41)16-22-18-38-28-5-3-2-4-25(22)28)29(43)26-7-6-23(30(32,33)34)17-27(26)31(35,36)37/h2-7,17-19,24,38-39H,8-16,20H2,1H3/t24-/m1/s1. The number of alkyl halides is 6. The molecule has 2 fully saturated rings. The highest BCUT2D eigenvalue weighted by Gasteiger charge is 2.41. The Balaban J connectivity index is 1.35. The van der Waals surface area contributed by atoms with Gasteiger partial charge in [-0.25, -0.2) is 0 Å². The second kappa shape index (κ2) is 13.7. The summed E-state index contributed by atoms with van der Waals surface area (Å²) in [7, 11) is 0. The molecule has 5 rings (SSSR count). The van der Waals surface area contributed by atoms with E-state index in [1.165, 1.54) is 4.90 Å². The van der Waals surface area contributed by atoms with Crippen LogP contribution in [0.3, 0.4) is 0 Å². The number of carbonyl (C=O) groups is 1. The third-order valence-corrected chi connectivity index (χ3v) is 8.01. The highest BCUT2D eigenvalue weighted by Crippen LogP contribution is 2.38. The fourth-order valence-corrected chi connectivity index (χ4v) is 5.75. The lowest BCUT2D eigenvalue weighted by molar-refractivity contribution is -0.143. The van der Waals surface area contributed by atoms with Gasteiger partial charge in [-0.3, -0.25) is 20.0 Å². The maximum absolute atomic E-state index is 14.0. The number of piperazine rings is 1. The van der Waals surface area contributed by atoms with Crippen LogP contribution in [0.2, 0.25) is 0 Å². The fourth-order valence-electron chi connectivity index (χ4n) is 5.75. The van der Waals surface area contributed by atoms with E-state index in [0.29, 0.717) is 50.6 Å². The zero-order chi connectivity index (χ0) is 32.2. The lowest BCUT2D eigenvalue weighted by Gasteiger charge is -2.42. The van der Waals surface area contributed by atoms with Crippen molar-refractivity contribution >= 4 is 16.8 Å². The summed E-state index contributed by atoms with van der Waals surface area (Å²) in [6.45, 7) is 6.71. The maximum Gasteiger partial charge on any atom is 0.417 e. The number of fused-ring (bicyclic) bond motifs is 1. The van der Waals surface area contributed by atoms with Crippen LogP contribution in [-0.4, -0.2) is 90.7 Å². The number of rotatable bonds is 9. The van der Waals surface area contributed by atoms with E-state index in [0.717, 1.165) is 36.1 Å². The van der Waals surface area contributed by atoms with Gasteiger partial charge in [-0.2, -0.15) is 26.3 Å². The molecular weight excluding hydrogens is 604 g/mol. The summed E-state index contributed by atoms with van der Waals surface area (Å²) in [6.07, 6.45) is -6.21. The fraction of sp³-hybridized carbons (Fsp3) is 0.452. The number of para-hydroxylation sites is 1. The summed E-state index contributed by atoms with van der Waals surface area (Å²) in [5.74, 6) is -0.967. The number of ether oxygens (including phenoxy) is 1. The van der Waals surface area contributed by atoms with E-state index in [-0.39, 0.29) is 19.2 Å². The molecule has 244 valence electrons. The summed E-state index contributed by atoms with van der Waals surface area (Å²) in [4.78, 5) is 28.0. The van der Waals surface area contributed by atoms with Gasteiger partial charge in [0.15, 0.2) is 0 Å². The van der Waals surface area contributed by atoms with Gasteiger partial charge in [-0.1, -0.05) is 18.2 Å². The monoisotopic (exact) mass is 639 g/mol. The van der Waals surface area contributed by atoms with Gasteiger partial charge in [-0.15, -0.1) is 0 Å². The van der Waals surface area contributed by atoms with Crippen molar-refractivity contribution in [3.8, 4) is 0 Å². The van der Waals surface area contributed by atoms with Crippen LogP contribution in [0, 0.1) is 0 Å². The van der Waals surface area contributed by atoms with Crippen LogP contribution in [-0.2, 0) is 28.3 Å². The molecule has 0 spiro atoms. The lowest BCUT2D eigenvalue weighted by Crippen LogP contribution is -2.55. The number of benzene rings is 2. The summed E-state index contributed by atoms with van der Waals surface area (Å²) >= 11 is 0. The van der Waals surface area contributed by atoms with Crippen molar-refractivity contribution in [1.29, 1.82) is 0 Å². The van der Waals surface area contributed by atoms with Gasteiger partial charge in [0, 0.05) is 62.6 Å². The Morgan fingerprint density at radius 1 is 1.04 bits per heavy atom. The van der Waals surface area contributed by atoms with Crippen LogP contribution in [0.15, 0.2) is 60.6 Å². The Morgan fingerprint density at radius 2 is 1.80 bits per heavy atom. The van der Waals surface area contributed by atoms with Crippen LogP contribution in [0.25, 0.3) is 10.9 Å². The molecule has 1 amide bonds. The normalized spacial score (nSPS) is 18.9. The third kappa shape index (κ3) is 8.10. The largest absolute Gasteiger partial charge is 0.417 e. The van der Waals surface area contributed by atoms with Gasteiger partial charge in [-0.05, 0) is 43.2 Å². The quantitative estimate of drug-likeness (QED) is 0.189. The Labute approximate surface area is 256 Å². The number of halogens is 6. The highest BCUT2D eigenvalue weighted by atomic mass is 19.4. The highest BCUT2D eigenvalue weighted by molar-refractivity contribution is 5.96. The molecule has 0 saturated carbocycles. The molecule has 1 aromatic heterocycles. The Kier molecular flexibility index (Phi) is 9.94. The van der Waals surface area contributed by atoms with E-state index in [1.807, 2.05) is 42.3 Å². The molecule has 14 heteroatoms. The second-order valence-corrected chi connectivity index (χ2v) is 11.2. The van der Waals surface area contributed by atoms with Crippen molar-refractivity contribution in [3.63, 3.8) is 0 Å². The molecule has 8 nitrogen and oxygen atoms in total. The number of nitrogens with one attached hydrogen (secondary N) is 2. The average molecular weight is 640 g/mol. The average Bonchev–Trinajstić information content (AvgIpc) is 3.41. The molecule has 0 unspecified atom stereocenters. The Hall–Kier alpha value is -3.75. The van der Waals surface area contributed by atoms with E-state index >= 15 is 0 Å². The molecule has 2 aromatic carbocycles. The van der Waals surface area contributed by atoms with Gasteiger partial charge >= 0.3 is 12.4 Å². The predicted molar refractivity (Wildman–Crippen MR) is 155 cm³/mol. The van der Waals surface area contributed by atoms with Crippen LogP contribution in [0.1, 0.15) is 34.0 Å². The number of allylic oxidation sites excluding steroid dienone is 1. The molecule has 2 aliphatic rings. The molecule has 45 heavy (non-hydrogen) atoms. The maximum atomic E-state index is 14.0. The second-order valence-electron chi connectivity index (χ2n) is 11.2. The minimum Gasteiger partial charge on any atom is -0.379 e. The molecular formula is C31H35F6N5O3. The number of hydroxylamine groups is 1. The van der Waals surface area contributed by atoms with Crippen LogP contribution in [0.5, 0.6) is 0 Å². The van der Waals surface area contributed by atoms with Crippen molar-refractivity contribution in [2.75, 3.05) is 59.1 Å². The minimum absolute atomic E-state index is 0.00891. The Morgan fingerprint density at radius 3 is 2.53 bits per heavy atom. The number of aromatic nitrogens is 1. The summed E-state index contributed by atoms with van der Waals surface area (Å²) in [5.41, 5.74) is 1.46. The van der Waals surface area contributed by atoms with Crippen LogP contribution < -0.4 is 5.48 Å². The minimum atomic E-state index is -5.16. The van der Waals surface area contributed by atoms with Crippen LogP contribution in [0.4, 0.5) is 26.3 Å². The number of hydrogen-bond donors (Lipinski definition) is 2. The van der Waals surface area contributed by atoms with E-state index in [4.69, 9.17) is 9.57 Å². The van der Waals surface area contributed by atoms with Crippen molar-refractivity contribution < 1.29 is 40.7 Å². The van der Waals surface area contributed by atoms with Crippen LogP contribution >= 0.6 is 0 Å². The molecule has 2 N–H and O–H groups in total. The van der Waals surface area contributed by atoms with Crippen molar-refractivity contribution in [2.45, 2.75) is 31.7 Å². The number of hydrogen-bond acceptors (Lipinski definition) is 6. The first-order chi connectivity index (χ1) is 21.4. The molecule has 0 radical (unpaired) electrons. The third-order valence-electron chi connectivity index (χ3n) is 8.01. The SMILES string of the molecule is CC(=CN1CCN(C(=O)c2ccc(C(F)(F)F)cc2C(F)(F)F)[C@H](Cc2c[nH]c3ccccc23)C1)NOCCN1CCOCC1. The molecule has 3 aromatic rings. The number of aromatic amines is 1. The number of morpholine rings is 1. The predicted octanol–water partition coefficient (Wildman–Crippen LogP) is 5.29. The van der Waals surface area contributed by atoms with Crippen molar-refractivity contribution in [2.24, 2.45) is 0 Å². The topological polar surface area (TPSA) is 73.1 Å². The van der Waals surface area contributed by atoms with E-state index < -0.39 is 41.0 Å².